The Bertz CT molecular complexity index is 871. The predicted molar refractivity (Wildman–Crippen MR) is 102 cm³/mol. The molecule has 12 heteroatoms. The lowest BCUT2D eigenvalue weighted by Gasteiger charge is -2.21. The molecule has 0 spiro atoms. The Morgan fingerprint density at radius 2 is 2.24 bits per heavy atom. The first-order valence-electron chi connectivity index (χ1n) is 9.00. The Morgan fingerprint density at radius 1 is 1.45 bits per heavy atom. The van der Waals surface area contributed by atoms with E-state index in [0.717, 1.165) is 18.7 Å². The zero-order valence-electron chi connectivity index (χ0n) is 15.9. The molecule has 1 atom stereocenters. The third kappa shape index (κ3) is 5.49. The van der Waals surface area contributed by atoms with E-state index in [2.05, 4.69) is 30.8 Å². The van der Waals surface area contributed by atoms with E-state index in [9.17, 15) is 13.2 Å². The number of nitrogens with one attached hydrogen (secondary N) is 2. The van der Waals surface area contributed by atoms with Crippen molar-refractivity contribution in [2.24, 2.45) is 4.99 Å². The van der Waals surface area contributed by atoms with Gasteiger partial charge in [-0.2, -0.15) is 18.2 Å². The fourth-order valence-corrected chi connectivity index (χ4v) is 3.29. The minimum atomic E-state index is -4.47. The third-order valence-corrected chi connectivity index (χ3v) is 4.68. The van der Waals surface area contributed by atoms with E-state index in [1.165, 1.54) is 0 Å². The molecular weight excluding hydrogens is 411 g/mol. The highest BCUT2D eigenvalue weighted by molar-refractivity contribution is 6.33. The average molecular weight is 432 g/mol. The molecule has 1 aliphatic heterocycles. The number of alkyl halides is 3. The van der Waals surface area contributed by atoms with Gasteiger partial charge in [0.15, 0.2) is 11.8 Å². The summed E-state index contributed by atoms with van der Waals surface area (Å²) in [5, 5.41) is 10.2. The second-order valence-electron chi connectivity index (χ2n) is 6.59. The van der Waals surface area contributed by atoms with Crippen molar-refractivity contribution in [3.05, 3.63) is 34.6 Å². The Labute approximate surface area is 170 Å². The number of nitrogens with zero attached hydrogens (tertiary/aromatic N) is 5. The number of aromatic nitrogens is 3. The van der Waals surface area contributed by atoms with Crippen LogP contribution in [0.3, 0.4) is 0 Å². The maximum absolute atomic E-state index is 12.8. The van der Waals surface area contributed by atoms with Crippen LogP contribution in [0.5, 0.6) is 0 Å². The number of halogens is 4. The van der Waals surface area contributed by atoms with Crippen molar-refractivity contribution < 1.29 is 17.7 Å². The highest BCUT2D eigenvalue weighted by atomic mass is 35.5. The van der Waals surface area contributed by atoms with Gasteiger partial charge in [-0.05, 0) is 19.4 Å². The van der Waals surface area contributed by atoms with Crippen molar-refractivity contribution in [3.63, 3.8) is 0 Å². The number of pyridine rings is 1. The summed E-state index contributed by atoms with van der Waals surface area (Å²) in [6.45, 7) is 3.48. The van der Waals surface area contributed by atoms with Crippen LogP contribution in [0, 0.1) is 6.92 Å². The van der Waals surface area contributed by atoms with Crippen molar-refractivity contribution in [2.75, 3.05) is 31.6 Å². The summed E-state index contributed by atoms with van der Waals surface area (Å²) in [5.74, 6) is 2.09. The summed E-state index contributed by atoms with van der Waals surface area (Å²) in [6, 6.07) is 0.955. The van der Waals surface area contributed by atoms with Crippen LogP contribution < -0.4 is 15.5 Å². The molecule has 1 aliphatic rings. The second kappa shape index (κ2) is 8.85. The minimum absolute atomic E-state index is 0.0159. The molecule has 2 N–H and O–H groups in total. The molecule has 1 fully saturated rings. The monoisotopic (exact) mass is 431 g/mol. The van der Waals surface area contributed by atoms with Gasteiger partial charge in [-0.15, -0.1) is 0 Å². The van der Waals surface area contributed by atoms with E-state index in [-0.39, 0.29) is 11.1 Å². The summed E-state index contributed by atoms with van der Waals surface area (Å²) in [5.41, 5.74) is -0.860. The van der Waals surface area contributed by atoms with Crippen LogP contribution in [0.15, 0.2) is 21.8 Å². The van der Waals surface area contributed by atoms with E-state index in [1.807, 2.05) is 4.90 Å². The van der Waals surface area contributed by atoms with Crippen LogP contribution in [0.4, 0.5) is 19.0 Å². The van der Waals surface area contributed by atoms with Crippen molar-refractivity contribution in [3.8, 4) is 0 Å². The number of guanidine groups is 1. The topological polar surface area (TPSA) is 91.5 Å². The fraction of sp³-hybridized carbons (Fsp3) is 0.529. The lowest BCUT2D eigenvalue weighted by molar-refractivity contribution is -0.137. The quantitative estimate of drug-likeness (QED) is 0.555. The molecule has 0 bridgehead atoms. The molecule has 1 unspecified atom stereocenters. The number of hydrogen-bond acceptors (Lipinski definition) is 6. The summed E-state index contributed by atoms with van der Waals surface area (Å²) in [6.07, 6.45) is -2.34. The highest BCUT2D eigenvalue weighted by Crippen LogP contribution is 2.34. The van der Waals surface area contributed by atoms with Crippen LogP contribution in [0.2, 0.25) is 5.02 Å². The molecule has 3 rings (SSSR count). The zero-order valence-corrected chi connectivity index (χ0v) is 16.7. The molecule has 0 saturated carbocycles. The second-order valence-corrected chi connectivity index (χ2v) is 6.99. The van der Waals surface area contributed by atoms with Gasteiger partial charge in [-0.1, -0.05) is 16.8 Å². The predicted octanol–water partition coefficient (Wildman–Crippen LogP) is 2.43. The normalized spacial score (nSPS) is 17.7. The highest BCUT2D eigenvalue weighted by Gasteiger charge is 2.33. The lowest BCUT2D eigenvalue weighted by atomic mass is 10.2. The molecule has 0 aliphatic carbocycles. The van der Waals surface area contributed by atoms with Crippen molar-refractivity contribution >= 4 is 23.4 Å². The van der Waals surface area contributed by atoms with Gasteiger partial charge in [-0.3, -0.25) is 4.99 Å². The fourth-order valence-electron chi connectivity index (χ4n) is 3.01. The number of rotatable bonds is 5. The first-order valence-corrected chi connectivity index (χ1v) is 9.38. The molecule has 0 radical (unpaired) electrons. The summed E-state index contributed by atoms with van der Waals surface area (Å²) >= 11 is 6.04. The molecule has 158 valence electrons. The van der Waals surface area contributed by atoms with Crippen LogP contribution >= 0.6 is 11.6 Å². The first kappa shape index (κ1) is 21.2. The number of anilines is 1. The van der Waals surface area contributed by atoms with Crippen LogP contribution in [-0.4, -0.2) is 53.8 Å². The SMILES string of the molecule is CN=C(NCCc1nc(C)no1)NC1CCN(c2ncc(C(F)(F)F)cc2Cl)C1. The van der Waals surface area contributed by atoms with Gasteiger partial charge in [0.2, 0.25) is 5.89 Å². The largest absolute Gasteiger partial charge is 0.417 e. The van der Waals surface area contributed by atoms with Gasteiger partial charge in [0.1, 0.15) is 5.82 Å². The summed E-state index contributed by atoms with van der Waals surface area (Å²) < 4.78 is 43.4. The third-order valence-electron chi connectivity index (χ3n) is 4.40. The van der Waals surface area contributed by atoms with Gasteiger partial charge in [-0.25, -0.2) is 4.98 Å². The van der Waals surface area contributed by atoms with Crippen LogP contribution in [0.1, 0.15) is 23.7 Å². The van der Waals surface area contributed by atoms with Crippen molar-refractivity contribution in [2.45, 2.75) is 32.0 Å². The Morgan fingerprint density at radius 3 is 2.86 bits per heavy atom. The molecule has 29 heavy (non-hydrogen) atoms. The molecule has 2 aromatic rings. The van der Waals surface area contributed by atoms with E-state index in [4.69, 9.17) is 16.1 Å². The Hall–Kier alpha value is -2.56. The van der Waals surface area contributed by atoms with E-state index >= 15 is 0 Å². The molecule has 3 heterocycles. The van der Waals surface area contributed by atoms with Crippen molar-refractivity contribution in [1.29, 1.82) is 0 Å². The smallest absolute Gasteiger partial charge is 0.356 e. The van der Waals surface area contributed by atoms with Gasteiger partial charge >= 0.3 is 6.18 Å². The Kier molecular flexibility index (Phi) is 6.46. The molecule has 0 aromatic carbocycles. The Balaban J connectivity index is 1.52. The number of aliphatic imine (C=N–C) groups is 1. The molecule has 2 aromatic heterocycles. The molecule has 8 nitrogen and oxygen atoms in total. The lowest BCUT2D eigenvalue weighted by Crippen LogP contribution is -2.45. The number of aryl methyl sites for hydroxylation is 1. The van der Waals surface area contributed by atoms with Gasteiger partial charge in [0.05, 0.1) is 10.6 Å². The minimum Gasteiger partial charge on any atom is -0.356 e. The maximum Gasteiger partial charge on any atom is 0.417 e. The molecule has 0 amide bonds. The van der Waals surface area contributed by atoms with Gasteiger partial charge in [0, 0.05) is 45.3 Å². The van der Waals surface area contributed by atoms with E-state index in [0.29, 0.717) is 49.5 Å². The van der Waals surface area contributed by atoms with E-state index in [1.54, 1.807) is 14.0 Å². The first-order chi connectivity index (χ1) is 13.8. The molecular formula is C17H21ClF3N7O. The molecule has 1 saturated heterocycles. The van der Waals surface area contributed by atoms with Gasteiger partial charge in [0.25, 0.3) is 0 Å². The average Bonchev–Trinajstić information content (AvgIpc) is 3.29. The standard InChI is InChI=1S/C17H21ClF3N7O/c1-10-25-14(29-27-10)3-5-23-16(22-2)26-12-4-6-28(9-12)15-13(18)7-11(8-24-15)17(19,20)21/h7-8,12H,3-6,9H2,1-2H3,(H2,22,23,26). The van der Waals surface area contributed by atoms with Crippen molar-refractivity contribution in [1.82, 2.24) is 25.8 Å². The zero-order chi connectivity index (χ0) is 21.0. The van der Waals surface area contributed by atoms with Crippen LogP contribution in [-0.2, 0) is 12.6 Å². The van der Waals surface area contributed by atoms with Crippen LogP contribution in [0.25, 0.3) is 0 Å². The maximum atomic E-state index is 12.8. The summed E-state index contributed by atoms with van der Waals surface area (Å²) in [7, 11) is 1.66. The van der Waals surface area contributed by atoms with E-state index < -0.39 is 11.7 Å². The summed E-state index contributed by atoms with van der Waals surface area (Å²) in [4.78, 5) is 14.1. The van der Waals surface area contributed by atoms with Gasteiger partial charge < -0.3 is 20.1 Å². The number of hydrogen-bond donors (Lipinski definition) is 2.